The minimum atomic E-state index is -0.376. The summed E-state index contributed by atoms with van der Waals surface area (Å²) in [5.74, 6) is 0.0300. The Morgan fingerprint density at radius 3 is 2.33 bits per heavy atom. The standard InChI is InChI=1S/C24H20N2O4/c1-14-7-10-22(15(2)11-14)26-23(28)20-9-8-19(13-21(20)24(26)29)30-18-6-4-5-17(12-18)25-16(3)27/h4-13H,1-3H3,(H,25,27). The molecule has 4 rings (SSSR count). The lowest BCUT2D eigenvalue weighted by Gasteiger charge is -2.16. The molecule has 1 N–H and O–H groups in total. The first-order valence-electron chi connectivity index (χ1n) is 9.49. The molecule has 6 nitrogen and oxygen atoms in total. The fourth-order valence-corrected chi connectivity index (χ4v) is 3.54. The van der Waals surface area contributed by atoms with Gasteiger partial charge in [-0.2, -0.15) is 0 Å². The number of benzene rings is 3. The number of nitrogens with zero attached hydrogens (tertiary/aromatic N) is 1. The van der Waals surface area contributed by atoms with Crippen LogP contribution in [0.25, 0.3) is 0 Å². The number of hydrogen-bond acceptors (Lipinski definition) is 4. The maximum atomic E-state index is 13.0. The number of aryl methyl sites for hydroxylation is 2. The van der Waals surface area contributed by atoms with Crippen LogP contribution < -0.4 is 15.0 Å². The lowest BCUT2D eigenvalue weighted by atomic mass is 10.1. The summed E-state index contributed by atoms with van der Waals surface area (Å²) < 4.78 is 5.86. The molecule has 1 heterocycles. The summed E-state index contributed by atoms with van der Waals surface area (Å²) in [6.07, 6.45) is 0. The first-order chi connectivity index (χ1) is 14.3. The second-order valence-electron chi connectivity index (χ2n) is 7.25. The molecule has 0 spiro atoms. The van der Waals surface area contributed by atoms with E-state index in [1.54, 1.807) is 48.5 Å². The molecule has 0 aromatic heterocycles. The van der Waals surface area contributed by atoms with Gasteiger partial charge in [-0.25, -0.2) is 4.90 Å². The number of anilines is 2. The van der Waals surface area contributed by atoms with Gasteiger partial charge in [0.25, 0.3) is 11.8 Å². The normalized spacial score (nSPS) is 12.7. The molecule has 1 aliphatic rings. The van der Waals surface area contributed by atoms with E-state index in [0.717, 1.165) is 11.1 Å². The average molecular weight is 400 g/mol. The molecule has 0 fully saturated rings. The van der Waals surface area contributed by atoms with Gasteiger partial charge >= 0.3 is 0 Å². The third-order valence-corrected chi connectivity index (χ3v) is 4.84. The van der Waals surface area contributed by atoms with Crippen LogP contribution in [0, 0.1) is 13.8 Å². The maximum absolute atomic E-state index is 13.0. The zero-order valence-electron chi connectivity index (χ0n) is 16.9. The van der Waals surface area contributed by atoms with Crippen LogP contribution in [-0.2, 0) is 4.79 Å². The summed E-state index contributed by atoms with van der Waals surface area (Å²) in [7, 11) is 0. The average Bonchev–Trinajstić information content (AvgIpc) is 2.92. The van der Waals surface area contributed by atoms with Gasteiger partial charge < -0.3 is 10.1 Å². The molecule has 150 valence electrons. The van der Waals surface area contributed by atoms with Crippen molar-refractivity contribution in [1.82, 2.24) is 0 Å². The van der Waals surface area contributed by atoms with Crippen molar-refractivity contribution in [3.8, 4) is 11.5 Å². The lowest BCUT2D eigenvalue weighted by Crippen LogP contribution is -2.30. The highest BCUT2D eigenvalue weighted by molar-refractivity contribution is 6.34. The van der Waals surface area contributed by atoms with Crippen LogP contribution in [0.15, 0.2) is 60.7 Å². The van der Waals surface area contributed by atoms with E-state index in [-0.39, 0.29) is 17.7 Å². The minimum absolute atomic E-state index is 0.180. The van der Waals surface area contributed by atoms with Crippen LogP contribution in [0.2, 0.25) is 0 Å². The Hall–Kier alpha value is -3.93. The number of carbonyl (C=O) groups excluding carboxylic acids is 3. The molecule has 0 radical (unpaired) electrons. The fraction of sp³-hybridized carbons (Fsp3) is 0.125. The summed E-state index contributed by atoms with van der Waals surface area (Å²) in [6.45, 7) is 5.27. The first-order valence-corrected chi connectivity index (χ1v) is 9.49. The number of carbonyl (C=O) groups is 3. The second kappa shape index (κ2) is 7.48. The van der Waals surface area contributed by atoms with Crippen molar-refractivity contribution in [2.45, 2.75) is 20.8 Å². The topological polar surface area (TPSA) is 75.7 Å². The molecule has 3 aromatic carbocycles. The molecule has 1 aliphatic heterocycles. The van der Waals surface area contributed by atoms with Crippen LogP contribution in [0.1, 0.15) is 38.8 Å². The zero-order chi connectivity index (χ0) is 21.4. The van der Waals surface area contributed by atoms with E-state index in [4.69, 9.17) is 4.74 Å². The van der Waals surface area contributed by atoms with Crippen molar-refractivity contribution in [3.05, 3.63) is 82.9 Å². The molecular weight excluding hydrogens is 380 g/mol. The summed E-state index contributed by atoms with van der Waals surface area (Å²) in [4.78, 5) is 38.4. The van der Waals surface area contributed by atoms with Crippen molar-refractivity contribution in [2.75, 3.05) is 10.2 Å². The largest absolute Gasteiger partial charge is 0.457 e. The third kappa shape index (κ3) is 3.55. The number of ether oxygens (including phenoxy) is 1. The number of imide groups is 1. The number of nitrogens with one attached hydrogen (secondary N) is 1. The van der Waals surface area contributed by atoms with Crippen molar-refractivity contribution >= 4 is 29.1 Å². The van der Waals surface area contributed by atoms with Crippen molar-refractivity contribution in [2.24, 2.45) is 0 Å². The summed E-state index contributed by atoms with van der Waals surface area (Å²) in [5.41, 5.74) is 3.75. The first kappa shape index (κ1) is 19.4. The molecule has 3 aromatic rings. The summed E-state index contributed by atoms with van der Waals surface area (Å²) in [6, 6.07) is 17.4. The Morgan fingerprint density at radius 2 is 1.60 bits per heavy atom. The van der Waals surface area contributed by atoms with E-state index < -0.39 is 0 Å². The summed E-state index contributed by atoms with van der Waals surface area (Å²) >= 11 is 0. The molecule has 0 bridgehead atoms. The molecule has 3 amide bonds. The highest BCUT2D eigenvalue weighted by Gasteiger charge is 2.37. The van der Waals surface area contributed by atoms with E-state index in [1.807, 2.05) is 26.0 Å². The van der Waals surface area contributed by atoms with Gasteiger partial charge in [0.05, 0.1) is 16.8 Å². The van der Waals surface area contributed by atoms with E-state index in [2.05, 4.69) is 5.32 Å². The number of hydrogen-bond donors (Lipinski definition) is 1. The highest BCUT2D eigenvalue weighted by Crippen LogP contribution is 2.34. The van der Waals surface area contributed by atoms with Gasteiger partial charge in [0.2, 0.25) is 5.91 Å². The third-order valence-electron chi connectivity index (χ3n) is 4.84. The van der Waals surface area contributed by atoms with Gasteiger partial charge in [-0.1, -0.05) is 23.8 Å². The van der Waals surface area contributed by atoms with E-state index >= 15 is 0 Å². The van der Waals surface area contributed by atoms with Gasteiger partial charge in [0.15, 0.2) is 0 Å². The van der Waals surface area contributed by atoms with Crippen LogP contribution in [0.5, 0.6) is 11.5 Å². The van der Waals surface area contributed by atoms with Gasteiger partial charge in [0, 0.05) is 18.7 Å². The maximum Gasteiger partial charge on any atom is 0.266 e. The fourth-order valence-electron chi connectivity index (χ4n) is 3.54. The number of fused-ring (bicyclic) bond motifs is 1. The Labute approximate surface area is 174 Å². The molecule has 6 heteroatoms. The smallest absolute Gasteiger partial charge is 0.266 e. The van der Waals surface area contributed by atoms with Gasteiger partial charge in [-0.05, 0) is 55.8 Å². The Bertz CT molecular complexity index is 1200. The number of rotatable bonds is 4. The predicted molar refractivity (Wildman–Crippen MR) is 114 cm³/mol. The number of amides is 3. The van der Waals surface area contributed by atoms with Crippen molar-refractivity contribution < 1.29 is 19.1 Å². The van der Waals surface area contributed by atoms with Gasteiger partial charge in [-0.15, -0.1) is 0 Å². The molecule has 0 saturated heterocycles. The molecule has 0 unspecified atom stereocenters. The molecule has 0 atom stereocenters. The van der Waals surface area contributed by atoms with E-state index in [1.165, 1.54) is 11.8 Å². The summed E-state index contributed by atoms with van der Waals surface area (Å²) in [5, 5.41) is 2.69. The molecule has 0 aliphatic carbocycles. The Kier molecular flexibility index (Phi) is 4.83. The van der Waals surface area contributed by atoms with Gasteiger partial charge in [-0.3, -0.25) is 14.4 Å². The molecular formula is C24H20N2O4. The van der Waals surface area contributed by atoms with Crippen LogP contribution in [0.3, 0.4) is 0 Å². The van der Waals surface area contributed by atoms with Crippen LogP contribution in [0.4, 0.5) is 11.4 Å². The lowest BCUT2D eigenvalue weighted by molar-refractivity contribution is -0.114. The zero-order valence-corrected chi connectivity index (χ0v) is 16.9. The predicted octanol–water partition coefficient (Wildman–Crippen LogP) is 4.85. The monoisotopic (exact) mass is 400 g/mol. The van der Waals surface area contributed by atoms with Crippen molar-refractivity contribution in [1.29, 1.82) is 0 Å². The van der Waals surface area contributed by atoms with E-state index in [9.17, 15) is 14.4 Å². The molecule has 0 saturated carbocycles. The van der Waals surface area contributed by atoms with Gasteiger partial charge in [0.1, 0.15) is 11.5 Å². The SMILES string of the molecule is CC(=O)Nc1cccc(Oc2ccc3c(c2)C(=O)N(c2ccc(C)cc2C)C3=O)c1. The Balaban J connectivity index is 1.63. The van der Waals surface area contributed by atoms with Crippen LogP contribution >= 0.6 is 0 Å². The Morgan fingerprint density at radius 1 is 0.867 bits per heavy atom. The highest BCUT2D eigenvalue weighted by atomic mass is 16.5. The molecule has 30 heavy (non-hydrogen) atoms. The van der Waals surface area contributed by atoms with Crippen molar-refractivity contribution in [3.63, 3.8) is 0 Å². The second-order valence-corrected chi connectivity index (χ2v) is 7.25. The van der Waals surface area contributed by atoms with Crippen LogP contribution in [-0.4, -0.2) is 17.7 Å². The quantitative estimate of drug-likeness (QED) is 0.635. The minimum Gasteiger partial charge on any atom is -0.457 e. The van der Waals surface area contributed by atoms with E-state index in [0.29, 0.717) is 34.0 Å².